The van der Waals surface area contributed by atoms with E-state index in [9.17, 15) is 24.2 Å². The monoisotopic (exact) mass is 291 g/mol. The largest absolute Gasteiger partial charge is 0.440 e. The Balaban J connectivity index is 2.14. The first-order valence-corrected chi connectivity index (χ1v) is 5.88. The molecule has 9 heteroatoms. The van der Waals surface area contributed by atoms with E-state index in [1.54, 1.807) is 0 Å². The summed E-state index contributed by atoms with van der Waals surface area (Å²) in [5, 5.41) is 5.16. The van der Waals surface area contributed by atoms with E-state index in [1.807, 2.05) is 0 Å². The van der Waals surface area contributed by atoms with Crippen LogP contribution in [0, 0.1) is 9.81 Å². The molecule has 1 heterocycles. The zero-order chi connectivity index (χ0) is 15.4. The van der Waals surface area contributed by atoms with Gasteiger partial charge in [0, 0.05) is 12.8 Å². The first-order valence-electron chi connectivity index (χ1n) is 5.88. The Labute approximate surface area is 117 Å². The van der Waals surface area contributed by atoms with Gasteiger partial charge in [-0.3, -0.25) is 9.59 Å². The highest BCUT2D eigenvalue weighted by Gasteiger charge is 2.30. The third-order valence-corrected chi connectivity index (χ3v) is 2.90. The van der Waals surface area contributed by atoms with Crippen molar-refractivity contribution in [2.75, 3.05) is 6.73 Å². The van der Waals surface area contributed by atoms with Crippen LogP contribution in [0.5, 0.6) is 0 Å². The van der Waals surface area contributed by atoms with Crippen LogP contribution in [0.25, 0.3) is 0 Å². The van der Waals surface area contributed by atoms with Crippen LogP contribution < -0.4 is 0 Å². The third kappa shape index (κ3) is 2.81. The molecular weight excluding hydrogens is 282 g/mol. The summed E-state index contributed by atoms with van der Waals surface area (Å²) in [5.41, 5.74) is -1.01. The molecule has 0 unspecified atom stereocenters. The number of rotatable bonds is 5. The van der Waals surface area contributed by atoms with Crippen LogP contribution in [0.2, 0.25) is 0 Å². The molecule has 1 aliphatic rings. The van der Waals surface area contributed by atoms with Crippen LogP contribution in [0.4, 0.5) is 11.4 Å². The number of likely N-dealkylation sites (tertiary alicyclic amines) is 1. The molecule has 0 radical (unpaired) electrons. The van der Waals surface area contributed by atoms with Crippen molar-refractivity contribution in [3.63, 3.8) is 0 Å². The predicted molar refractivity (Wildman–Crippen MR) is 68.7 cm³/mol. The van der Waals surface area contributed by atoms with Gasteiger partial charge in [-0.2, -0.15) is 0 Å². The normalized spacial score (nSPS) is 14.2. The molecule has 0 aromatic heterocycles. The predicted octanol–water partition coefficient (Wildman–Crippen LogP) is 1.75. The number of hydrogen-bond acceptors (Lipinski definition) is 8. The summed E-state index contributed by atoms with van der Waals surface area (Å²) in [6.45, 7) is -0.548. The van der Waals surface area contributed by atoms with Crippen LogP contribution in [0.1, 0.15) is 23.2 Å². The average Bonchev–Trinajstić information content (AvgIpc) is 2.82. The maximum absolute atomic E-state index is 11.8. The molecule has 0 spiro atoms. The maximum atomic E-state index is 11.8. The second-order valence-corrected chi connectivity index (χ2v) is 4.13. The van der Waals surface area contributed by atoms with Crippen molar-refractivity contribution in [2.24, 2.45) is 10.4 Å². The van der Waals surface area contributed by atoms with Gasteiger partial charge in [0.25, 0.3) is 0 Å². The first-order chi connectivity index (χ1) is 10.1. The number of nitrogens with zero attached hydrogens (tertiary/aromatic N) is 3. The van der Waals surface area contributed by atoms with E-state index in [-0.39, 0.29) is 24.1 Å². The zero-order valence-electron chi connectivity index (χ0n) is 10.6. The maximum Gasteiger partial charge on any atom is 0.342 e. The van der Waals surface area contributed by atoms with E-state index in [0.717, 1.165) is 4.90 Å². The van der Waals surface area contributed by atoms with Gasteiger partial charge < -0.3 is 4.74 Å². The molecule has 1 fully saturated rings. The summed E-state index contributed by atoms with van der Waals surface area (Å²) in [4.78, 5) is 56.6. The van der Waals surface area contributed by atoms with E-state index < -0.39 is 30.2 Å². The zero-order valence-corrected chi connectivity index (χ0v) is 10.6. The molecule has 0 bridgehead atoms. The van der Waals surface area contributed by atoms with E-state index in [2.05, 4.69) is 10.4 Å². The van der Waals surface area contributed by atoms with Gasteiger partial charge in [-0.1, -0.05) is 6.07 Å². The van der Waals surface area contributed by atoms with Gasteiger partial charge in [0.15, 0.2) is 12.4 Å². The van der Waals surface area contributed by atoms with Gasteiger partial charge in [-0.15, -0.1) is 9.81 Å². The summed E-state index contributed by atoms with van der Waals surface area (Å²) in [7, 11) is 0. The second kappa shape index (κ2) is 5.99. The van der Waals surface area contributed by atoms with E-state index in [0.29, 0.717) is 0 Å². The number of carbonyl (C=O) groups excluding carboxylic acids is 3. The van der Waals surface area contributed by atoms with Gasteiger partial charge in [0.2, 0.25) is 11.8 Å². The molecular formula is C12H9N3O6. The molecule has 1 saturated heterocycles. The minimum absolute atomic E-state index is 0.0715. The van der Waals surface area contributed by atoms with E-state index in [1.165, 1.54) is 18.2 Å². The third-order valence-electron chi connectivity index (χ3n) is 2.90. The lowest BCUT2D eigenvalue weighted by atomic mass is 10.1. The number of imide groups is 1. The summed E-state index contributed by atoms with van der Waals surface area (Å²) in [6, 6.07) is 3.77. The Morgan fingerprint density at radius 3 is 2.38 bits per heavy atom. The van der Waals surface area contributed by atoms with Crippen LogP contribution in [0.15, 0.2) is 28.6 Å². The Kier molecular flexibility index (Phi) is 4.12. The number of benzene rings is 1. The molecule has 0 saturated carbocycles. The lowest BCUT2D eigenvalue weighted by Gasteiger charge is -2.14. The fraction of sp³-hybridized carbons (Fsp3) is 0.250. The fourth-order valence-electron chi connectivity index (χ4n) is 1.83. The Bertz CT molecular complexity index is 626. The second-order valence-electron chi connectivity index (χ2n) is 4.13. The highest BCUT2D eigenvalue weighted by molar-refractivity contribution is 6.02. The van der Waals surface area contributed by atoms with Crippen LogP contribution in [-0.4, -0.2) is 29.4 Å². The number of ether oxygens (including phenoxy) is 1. The molecule has 0 aliphatic carbocycles. The van der Waals surface area contributed by atoms with Crippen molar-refractivity contribution in [3.05, 3.63) is 33.6 Å². The number of amides is 2. The highest BCUT2D eigenvalue weighted by atomic mass is 16.5. The van der Waals surface area contributed by atoms with Crippen LogP contribution >= 0.6 is 0 Å². The fourth-order valence-corrected chi connectivity index (χ4v) is 1.83. The minimum atomic E-state index is -0.984. The highest BCUT2D eigenvalue weighted by Crippen LogP contribution is 2.31. The van der Waals surface area contributed by atoms with Gasteiger partial charge in [-0.25, -0.2) is 9.69 Å². The number of nitroso groups, excluding NO2 is 2. The molecule has 2 amide bonds. The molecule has 2 rings (SSSR count). The first kappa shape index (κ1) is 14.4. The smallest absolute Gasteiger partial charge is 0.342 e. The van der Waals surface area contributed by atoms with Crippen LogP contribution in [-0.2, 0) is 14.3 Å². The van der Waals surface area contributed by atoms with Gasteiger partial charge in [-0.05, 0) is 22.5 Å². The topological polar surface area (TPSA) is 123 Å². The molecule has 0 atom stereocenters. The molecule has 1 aromatic carbocycles. The summed E-state index contributed by atoms with van der Waals surface area (Å²) in [5.74, 6) is -1.86. The van der Waals surface area contributed by atoms with Crippen molar-refractivity contribution in [1.29, 1.82) is 0 Å². The van der Waals surface area contributed by atoms with Crippen molar-refractivity contribution in [2.45, 2.75) is 12.8 Å². The quantitative estimate of drug-likeness (QED) is 0.462. The molecule has 0 N–H and O–H groups in total. The van der Waals surface area contributed by atoms with E-state index >= 15 is 0 Å². The summed E-state index contributed by atoms with van der Waals surface area (Å²) < 4.78 is 4.80. The Morgan fingerprint density at radius 1 is 1.14 bits per heavy atom. The lowest BCUT2D eigenvalue weighted by Crippen LogP contribution is -2.32. The van der Waals surface area contributed by atoms with Crippen molar-refractivity contribution < 1.29 is 19.1 Å². The van der Waals surface area contributed by atoms with Crippen molar-refractivity contribution in [1.82, 2.24) is 4.90 Å². The Hall–Kier alpha value is -2.97. The standard InChI is InChI=1S/C12H9N3O6/c16-9-4-5-10(17)15(9)6-21-12(18)7-2-1-3-8(13-19)11(7)14-20/h1-3H,4-6H2. The average molecular weight is 291 g/mol. The molecule has 108 valence electrons. The Morgan fingerprint density at radius 2 is 1.81 bits per heavy atom. The van der Waals surface area contributed by atoms with Crippen LogP contribution in [0.3, 0.4) is 0 Å². The van der Waals surface area contributed by atoms with E-state index in [4.69, 9.17) is 4.74 Å². The van der Waals surface area contributed by atoms with Crippen molar-refractivity contribution >= 4 is 29.2 Å². The number of hydrogen-bond donors (Lipinski definition) is 0. The number of esters is 1. The van der Waals surface area contributed by atoms with Gasteiger partial charge in [0.1, 0.15) is 5.69 Å². The molecule has 1 aliphatic heterocycles. The SMILES string of the molecule is O=Nc1cccc(C(=O)OCN2C(=O)CCC2=O)c1N=O. The van der Waals surface area contributed by atoms with Gasteiger partial charge >= 0.3 is 5.97 Å². The summed E-state index contributed by atoms with van der Waals surface area (Å²) >= 11 is 0. The minimum Gasteiger partial charge on any atom is -0.440 e. The molecule has 1 aromatic rings. The van der Waals surface area contributed by atoms with Gasteiger partial charge in [0.05, 0.1) is 5.56 Å². The lowest BCUT2D eigenvalue weighted by molar-refractivity contribution is -0.142. The summed E-state index contributed by atoms with van der Waals surface area (Å²) in [6.07, 6.45) is 0.143. The molecule has 21 heavy (non-hydrogen) atoms. The number of carbonyl (C=O) groups is 3. The molecule has 9 nitrogen and oxygen atoms in total. The van der Waals surface area contributed by atoms with Crippen molar-refractivity contribution in [3.8, 4) is 0 Å².